The minimum Gasteiger partial charge on any atom is -0.489 e. The van der Waals surface area contributed by atoms with Gasteiger partial charge in [0.1, 0.15) is 6.61 Å². The molecule has 1 aromatic heterocycles. The van der Waals surface area contributed by atoms with Crippen molar-refractivity contribution in [3.63, 3.8) is 0 Å². The Bertz CT molecular complexity index is 582. The lowest BCUT2D eigenvalue weighted by Crippen LogP contribution is -2.18. The first kappa shape index (κ1) is 11.8. The third-order valence-electron chi connectivity index (χ3n) is 3.14. The van der Waals surface area contributed by atoms with Crippen LogP contribution in [0.15, 0.2) is 22.7 Å². The fourth-order valence-corrected chi connectivity index (χ4v) is 1.96. The van der Waals surface area contributed by atoms with E-state index in [1.807, 2.05) is 37.1 Å². The second kappa shape index (κ2) is 4.79. The Hall–Kier alpha value is -2.24. The Morgan fingerprint density at radius 2 is 2.32 bits per heavy atom. The normalized spacial score (nSPS) is 13.4. The Morgan fingerprint density at radius 3 is 3.16 bits per heavy atom. The fraction of sp³-hybridized carbons (Fsp3) is 0.385. The van der Waals surface area contributed by atoms with Crippen LogP contribution in [0.5, 0.6) is 5.75 Å². The number of fused-ring (bicyclic) bond motifs is 1. The van der Waals surface area contributed by atoms with Crippen LogP contribution in [0.3, 0.4) is 0 Å². The molecule has 2 aromatic rings. The van der Waals surface area contributed by atoms with Crippen LogP contribution in [0.1, 0.15) is 6.92 Å². The molecule has 1 aromatic carbocycles. The Morgan fingerprint density at radius 1 is 1.42 bits per heavy atom. The highest BCUT2D eigenvalue weighted by molar-refractivity contribution is 5.74. The van der Waals surface area contributed by atoms with Crippen molar-refractivity contribution in [3.8, 4) is 17.2 Å². The van der Waals surface area contributed by atoms with Crippen LogP contribution in [0.4, 0.5) is 11.6 Å². The minimum absolute atomic E-state index is 0.482. The SMILES string of the molecule is CCN(C)c1noc(-c2cccc3c2OCCN3)n1. The molecule has 1 aliphatic rings. The van der Waals surface area contributed by atoms with Gasteiger partial charge in [-0.3, -0.25) is 0 Å². The van der Waals surface area contributed by atoms with Crippen LogP contribution in [-0.2, 0) is 0 Å². The van der Waals surface area contributed by atoms with Gasteiger partial charge in [0.05, 0.1) is 11.3 Å². The molecular weight excluding hydrogens is 244 g/mol. The van der Waals surface area contributed by atoms with Crippen LogP contribution in [0.25, 0.3) is 11.5 Å². The van der Waals surface area contributed by atoms with Gasteiger partial charge in [-0.2, -0.15) is 4.98 Å². The molecule has 0 amide bonds. The zero-order valence-corrected chi connectivity index (χ0v) is 11.0. The molecule has 3 rings (SSSR count). The van der Waals surface area contributed by atoms with Crippen LogP contribution in [-0.4, -0.2) is 36.9 Å². The molecule has 0 unspecified atom stereocenters. The van der Waals surface area contributed by atoms with Crippen LogP contribution < -0.4 is 15.0 Å². The molecule has 6 heteroatoms. The number of ether oxygens (including phenoxy) is 1. The number of rotatable bonds is 3. The summed E-state index contributed by atoms with van der Waals surface area (Å²) in [4.78, 5) is 6.32. The van der Waals surface area contributed by atoms with Gasteiger partial charge in [-0.05, 0) is 24.2 Å². The predicted octanol–water partition coefficient (Wildman–Crippen LogP) is 2.00. The van der Waals surface area contributed by atoms with E-state index in [4.69, 9.17) is 9.26 Å². The van der Waals surface area contributed by atoms with Crippen LogP contribution in [0, 0.1) is 0 Å². The molecule has 0 atom stereocenters. The smallest absolute Gasteiger partial charge is 0.266 e. The Balaban J connectivity index is 2.00. The molecule has 0 radical (unpaired) electrons. The summed E-state index contributed by atoms with van der Waals surface area (Å²) in [5.41, 5.74) is 1.79. The summed E-state index contributed by atoms with van der Waals surface area (Å²) in [5, 5.41) is 7.26. The average Bonchev–Trinajstić information content (AvgIpc) is 2.95. The van der Waals surface area contributed by atoms with E-state index >= 15 is 0 Å². The lowest BCUT2D eigenvalue weighted by molar-refractivity contribution is 0.322. The Labute approximate surface area is 111 Å². The quantitative estimate of drug-likeness (QED) is 0.910. The molecule has 0 aliphatic carbocycles. The number of hydrogen-bond acceptors (Lipinski definition) is 6. The number of anilines is 2. The van der Waals surface area contributed by atoms with Gasteiger partial charge in [-0.1, -0.05) is 6.07 Å². The van der Waals surface area contributed by atoms with E-state index in [-0.39, 0.29) is 0 Å². The highest BCUT2D eigenvalue weighted by Gasteiger charge is 2.20. The lowest BCUT2D eigenvalue weighted by Gasteiger charge is -2.20. The summed E-state index contributed by atoms with van der Waals surface area (Å²) < 4.78 is 11.0. The van der Waals surface area contributed by atoms with Crippen LogP contribution in [0.2, 0.25) is 0 Å². The summed E-state index contributed by atoms with van der Waals surface area (Å²) in [5.74, 6) is 1.85. The third-order valence-corrected chi connectivity index (χ3v) is 3.14. The molecule has 0 fully saturated rings. The first-order valence-corrected chi connectivity index (χ1v) is 6.34. The highest BCUT2D eigenvalue weighted by atomic mass is 16.5. The van der Waals surface area contributed by atoms with E-state index in [1.165, 1.54) is 0 Å². The Kier molecular flexibility index (Phi) is 2.98. The van der Waals surface area contributed by atoms with Crippen molar-refractivity contribution >= 4 is 11.6 Å². The number of para-hydroxylation sites is 1. The zero-order valence-electron chi connectivity index (χ0n) is 11.0. The van der Waals surface area contributed by atoms with Gasteiger partial charge in [0, 0.05) is 20.1 Å². The first-order valence-electron chi connectivity index (χ1n) is 6.34. The maximum absolute atomic E-state index is 5.70. The average molecular weight is 260 g/mol. The van der Waals surface area contributed by atoms with E-state index in [0.717, 1.165) is 30.1 Å². The number of benzene rings is 1. The standard InChI is InChI=1S/C13H16N4O2/c1-3-17(2)13-15-12(19-16-13)9-5-4-6-10-11(9)18-8-7-14-10/h4-6,14H,3,7-8H2,1-2H3. The maximum Gasteiger partial charge on any atom is 0.266 e. The van der Waals surface area contributed by atoms with Crippen molar-refractivity contribution < 1.29 is 9.26 Å². The van der Waals surface area contributed by atoms with Gasteiger partial charge >= 0.3 is 0 Å². The number of nitrogens with zero attached hydrogens (tertiary/aromatic N) is 3. The molecule has 1 N–H and O–H groups in total. The summed E-state index contributed by atoms with van der Waals surface area (Å²) in [6, 6.07) is 5.85. The molecule has 1 aliphatic heterocycles. The molecule has 19 heavy (non-hydrogen) atoms. The van der Waals surface area contributed by atoms with Gasteiger partial charge in [0.15, 0.2) is 5.75 Å². The first-order chi connectivity index (χ1) is 9.29. The van der Waals surface area contributed by atoms with Crippen molar-refractivity contribution in [3.05, 3.63) is 18.2 Å². The molecular formula is C13H16N4O2. The summed E-state index contributed by atoms with van der Waals surface area (Å²) in [7, 11) is 1.92. The molecule has 0 spiro atoms. The number of hydrogen-bond donors (Lipinski definition) is 1. The topological polar surface area (TPSA) is 63.4 Å². The minimum atomic E-state index is 0.482. The van der Waals surface area contributed by atoms with E-state index in [0.29, 0.717) is 18.4 Å². The predicted molar refractivity (Wildman–Crippen MR) is 72.7 cm³/mol. The lowest BCUT2D eigenvalue weighted by atomic mass is 10.1. The molecule has 100 valence electrons. The number of aromatic nitrogens is 2. The molecule has 0 saturated heterocycles. The van der Waals surface area contributed by atoms with Crippen molar-refractivity contribution in [2.45, 2.75) is 6.92 Å². The van der Waals surface area contributed by atoms with Gasteiger partial charge in [0.2, 0.25) is 0 Å². The van der Waals surface area contributed by atoms with E-state index < -0.39 is 0 Å². The van der Waals surface area contributed by atoms with E-state index in [9.17, 15) is 0 Å². The largest absolute Gasteiger partial charge is 0.489 e. The summed E-state index contributed by atoms with van der Waals surface area (Å²) in [6.45, 7) is 4.31. The second-order valence-corrected chi connectivity index (χ2v) is 4.37. The molecule has 0 saturated carbocycles. The zero-order chi connectivity index (χ0) is 13.2. The van der Waals surface area contributed by atoms with E-state index in [1.54, 1.807) is 0 Å². The van der Waals surface area contributed by atoms with Gasteiger partial charge in [0.25, 0.3) is 11.8 Å². The van der Waals surface area contributed by atoms with E-state index in [2.05, 4.69) is 15.5 Å². The molecule has 0 bridgehead atoms. The van der Waals surface area contributed by atoms with Crippen molar-refractivity contribution in [2.24, 2.45) is 0 Å². The van der Waals surface area contributed by atoms with Crippen molar-refractivity contribution in [1.82, 2.24) is 10.1 Å². The van der Waals surface area contributed by atoms with Crippen LogP contribution >= 0.6 is 0 Å². The third kappa shape index (κ3) is 2.09. The van der Waals surface area contributed by atoms with Gasteiger partial charge in [-0.15, -0.1) is 0 Å². The van der Waals surface area contributed by atoms with Gasteiger partial charge < -0.3 is 19.5 Å². The maximum atomic E-state index is 5.70. The monoisotopic (exact) mass is 260 g/mol. The highest BCUT2D eigenvalue weighted by Crippen LogP contribution is 2.37. The summed E-state index contributed by atoms with van der Waals surface area (Å²) in [6.07, 6.45) is 0. The van der Waals surface area contributed by atoms with Crippen molar-refractivity contribution in [2.75, 3.05) is 37.0 Å². The molecule has 6 nitrogen and oxygen atoms in total. The second-order valence-electron chi connectivity index (χ2n) is 4.37. The number of nitrogens with one attached hydrogen (secondary N) is 1. The van der Waals surface area contributed by atoms with Crippen molar-refractivity contribution in [1.29, 1.82) is 0 Å². The summed E-state index contributed by atoms with van der Waals surface area (Å²) >= 11 is 0. The molecule has 2 heterocycles. The van der Waals surface area contributed by atoms with Gasteiger partial charge in [-0.25, -0.2) is 0 Å². The fourth-order valence-electron chi connectivity index (χ4n) is 1.96.